The molecule has 1 aromatic carbocycles. The molecule has 4 rings (SSSR count). The molecule has 1 saturated heterocycles. The maximum Gasteiger partial charge on any atom is 0.410 e. The number of benzene rings is 1. The summed E-state index contributed by atoms with van der Waals surface area (Å²) in [5.41, 5.74) is 1.18. The predicted octanol–water partition coefficient (Wildman–Crippen LogP) is 5.02. The summed E-state index contributed by atoms with van der Waals surface area (Å²) in [6.45, 7) is 8.89. The van der Waals surface area contributed by atoms with E-state index in [2.05, 4.69) is 10.3 Å². The van der Waals surface area contributed by atoms with Gasteiger partial charge in [0.25, 0.3) is 5.91 Å². The fourth-order valence-corrected chi connectivity index (χ4v) is 4.54. The van der Waals surface area contributed by atoms with E-state index in [1.807, 2.05) is 0 Å². The Labute approximate surface area is 226 Å². The van der Waals surface area contributed by atoms with Gasteiger partial charge < -0.3 is 15.9 Å². The van der Waals surface area contributed by atoms with E-state index in [4.69, 9.17) is 15.6 Å². The number of Topliss-reactive ketones (excluding diaryl/α,β-unsaturated/α-hetero) is 1. The number of imidazole rings is 1. The van der Waals surface area contributed by atoms with Crippen molar-refractivity contribution in [2.45, 2.75) is 65.5 Å². The summed E-state index contributed by atoms with van der Waals surface area (Å²) in [7, 11) is 0. The number of hydrogen-bond acceptors (Lipinski definition) is 7. The van der Waals surface area contributed by atoms with Crippen molar-refractivity contribution in [2.75, 3.05) is 17.7 Å². The van der Waals surface area contributed by atoms with Crippen LogP contribution in [-0.4, -0.2) is 49.5 Å². The van der Waals surface area contributed by atoms with E-state index in [0.717, 1.165) is 19.0 Å². The third kappa shape index (κ3) is 6.08. The smallest absolute Gasteiger partial charge is 0.410 e. The van der Waals surface area contributed by atoms with E-state index < -0.39 is 29.5 Å². The van der Waals surface area contributed by atoms with Crippen LogP contribution >= 0.6 is 0 Å². The zero-order valence-corrected chi connectivity index (χ0v) is 22.7. The Kier molecular flexibility index (Phi) is 7.71. The van der Waals surface area contributed by atoms with Crippen molar-refractivity contribution in [1.82, 2.24) is 19.5 Å². The Morgan fingerprint density at radius 3 is 2.46 bits per heavy atom. The first-order valence-corrected chi connectivity index (χ1v) is 12.8. The largest absolute Gasteiger partial charge is 0.444 e. The second kappa shape index (κ2) is 10.8. The number of hydrogen-bond donors (Lipinski definition) is 2. The first kappa shape index (κ1) is 27.7. The molecule has 10 nitrogen and oxygen atoms in total. The zero-order chi connectivity index (χ0) is 28.5. The Morgan fingerprint density at radius 1 is 1.15 bits per heavy atom. The van der Waals surface area contributed by atoms with Crippen molar-refractivity contribution in [1.29, 1.82) is 0 Å². The van der Waals surface area contributed by atoms with Crippen LogP contribution in [0.1, 0.15) is 85.2 Å². The van der Waals surface area contributed by atoms with Crippen LogP contribution in [-0.2, 0) is 4.74 Å². The van der Waals surface area contributed by atoms with E-state index in [-0.39, 0.29) is 17.3 Å². The van der Waals surface area contributed by atoms with Crippen molar-refractivity contribution in [3.8, 4) is 11.3 Å². The summed E-state index contributed by atoms with van der Waals surface area (Å²) in [5.74, 6) is 5.86. The Balaban J connectivity index is 1.63. The summed E-state index contributed by atoms with van der Waals surface area (Å²) in [4.78, 5) is 48.6. The number of carbonyl (C=O) groups excluding carboxylic acids is 3. The molecule has 0 saturated carbocycles. The van der Waals surface area contributed by atoms with E-state index in [0.29, 0.717) is 41.2 Å². The van der Waals surface area contributed by atoms with E-state index in [1.54, 1.807) is 56.9 Å². The Bertz CT molecular complexity index is 1410. The number of amides is 2. The van der Waals surface area contributed by atoms with Gasteiger partial charge in [-0.1, -0.05) is 12.1 Å². The third-order valence-corrected chi connectivity index (χ3v) is 6.41. The van der Waals surface area contributed by atoms with Crippen LogP contribution in [0.2, 0.25) is 0 Å². The molecule has 2 amide bonds. The molecule has 2 aromatic heterocycles. The molecule has 1 fully saturated rings. The van der Waals surface area contributed by atoms with Crippen LogP contribution in [0.15, 0.2) is 36.5 Å². The second-order valence-electron chi connectivity index (χ2n) is 10.6. The number of halogens is 1. The van der Waals surface area contributed by atoms with Gasteiger partial charge >= 0.3 is 6.09 Å². The van der Waals surface area contributed by atoms with Crippen molar-refractivity contribution in [2.24, 2.45) is 0 Å². The van der Waals surface area contributed by atoms with Gasteiger partial charge in [-0.05, 0) is 70.7 Å². The molecule has 0 spiro atoms. The van der Waals surface area contributed by atoms with Gasteiger partial charge in [0, 0.05) is 24.6 Å². The molecule has 11 heteroatoms. The number of nitrogens with one attached hydrogen (secondary N) is 1. The van der Waals surface area contributed by atoms with E-state index in [1.165, 1.54) is 17.7 Å². The summed E-state index contributed by atoms with van der Waals surface area (Å²) in [6, 6.07) is 7.51. The summed E-state index contributed by atoms with van der Waals surface area (Å²) < 4.78 is 20.4. The number of carbonyl (C=O) groups is 3. The maximum atomic E-state index is 13.5. The topological polar surface area (TPSA) is 132 Å². The third-order valence-electron chi connectivity index (χ3n) is 6.41. The number of pyridine rings is 1. The predicted molar refractivity (Wildman–Crippen MR) is 144 cm³/mol. The van der Waals surface area contributed by atoms with Crippen LogP contribution in [0.4, 0.5) is 15.0 Å². The standard InChI is InChI=1S/C28H33FN6O4/c1-16-14-22(31-15-20(16)29)32-26(37)19-11-9-18(10-12-19)23-24(17(2)36)35(30)25(33-23)21-8-6-7-13-34(21)27(38)39-28(3,4)5/h9-12,14-15,21H,6-8,13,30H2,1-5H3,(H,31,32,37)/t21-/m0/s1. The minimum absolute atomic E-state index is 0.197. The fraction of sp³-hybridized carbons (Fsp3) is 0.393. The molecule has 0 bridgehead atoms. The van der Waals surface area contributed by atoms with Gasteiger partial charge in [0.05, 0.1) is 12.2 Å². The highest BCUT2D eigenvalue weighted by Crippen LogP contribution is 2.34. The number of aromatic nitrogens is 3. The molecule has 3 heterocycles. The quantitative estimate of drug-likeness (QED) is 0.345. The molecule has 1 aliphatic rings. The Morgan fingerprint density at radius 2 is 1.85 bits per heavy atom. The average molecular weight is 537 g/mol. The SMILES string of the molecule is CC(=O)c1c(-c2ccc(C(=O)Nc3cc(C)c(F)cn3)cc2)nc([C@@H]2CCCCN2C(=O)OC(C)(C)C)n1N. The van der Waals surface area contributed by atoms with Crippen molar-refractivity contribution < 1.29 is 23.5 Å². The van der Waals surface area contributed by atoms with Gasteiger partial charge in [-0.2, -0.15) is 0 Å². The normalized spacial score (nSPS) is 15.6. The fourth-order valence-electron chi connectivity index (χ4n) is 4.54. The number of anilines is 1. The number of likely N-dealkylation sites (tertiary alicyclic amines) is 1. The van der Waals surface area contributed by atoms with E-state index >= 15 is 0 Å². The van der Waals surface area contributed by atoms with Crippen LogP contribution in [0.5, 0.6) is 0 Å². The number of ether oxygens (including phenoxy) is 1. The van der Waals surface area contributed by atoms with Crippen molar-refractivity contribution in [3.05, 3.63) is 65.0 Å². The van der Waals surface area contributed by atoms with Crippen LogP contribution < -0.4 is 11.2 Å². The number of nitrogens with zero attached hydrogens (tertiary/aromatic N) is 4. The highest BCUT2D eigenvalue weighted by molar-refractivity contribution is 6.04. The molecule has 1 atom stereocenters. The molecule has 0 aliphatic carbocycles. The number of piperidine rings is 1. The van der Waals surface area contributed by atoms with Gasteiger partial charge in [0.1, 0.15) is 28.6 Å². The molecule has 3 aromatic rings. The number of nitrogens with two attached hydrogens (primary N) is 1. The second-order valence-corrected chi connectivity index (χ2v) is 10.6. The number of rotatable bonds is 5. The monoisotopic (exact) mass is 536 g/mol. The highest BCUT2D eigenvalue weighted by Gasteiger charge is 2.36. The highest BCUT2D eigenvalue weighted by atomic mass is 19.1. The molecular formula is C28H33FN6O4. The minimum Gasteiger partial charge on any atom is -0.444 e. The lowest BCUT2D eigenvalue weighted by molar-refractivity contribution is 0.00821. The molecule has 1 aliphatic heterocycles. The lowest BCUT2D eigenvalue weighted by Gasteiger charge is -2.36. The molecule has 3 N–H and O–H groups in total. The minimum atomic E-state index is -0.660. The molecule has 0 unspecified atom stereocenters. The number of nitrogen functional groups attached to an aromatic ring is 1. The molecule has 39 heavy (non-hydrogen) atoms. The van der Waals surface area contributed by atoms with Crippen LogP contribution in [0, 0.1) is 12.7 Å². The van der Waals surface area contributed by atoms with Gasteiger partial charge in [0.2, 0.25) is 0 Å². The van der Waals surface area contributed by atoms with Crippen molar-refractivity contribution >= 4 is 23.6 Å². The molecule has 206 valence electrons. The molecular weight excluding hydrogens is 503 g/mol. The van der Waals surface area contributed by atoms with Gasteiger partial charge in [-0.3, -0.25) is 14.5 Å². The average Bonchev–Trinajstić information content (AvgIpc) is 3.22. The lowest BCUT2D eigenvalue weighted by atomic mass is 10.0. The number of aryl methyl sites for hydroxylation is 1. The van der Waals surface area contributed by atoms with Gasteiger partial charge in [-0.15, -0.1) is 0 Å². The van der Waals surface area contributed by atoms with E-state index in [9.17, 15) is 18.8 Å². The zero-order valence-electron chi connectivity index (χ0n) is 22.7. The Hall–Kier alpha value is -4.28. The first-order valence-electron chi connectivity index (χ1n) is 12.8. The van der Waals surface area contributed by atoms with Crippen LogP contribution in [0.3, 0.4) is 0 Å². The molecule has 0 radical (unpaired) electrons. The maximum absolute atomic E-state index is 13.5. The van der Waals surface area contributed by atoms with Gasteiger partial charge in [0.15, 0.2) is 11.6 Å². The van der Waals surface area contributed by atoms with Crippen molar-refractivity contribution in [3.63, 3.8) is 0 Å². The summed E-state index contributed by atoms with van der Waals surface area (Å²) >= 11 is 0. The summed E-state index contributed by atoms with van der Waals surface area (Å²) in [5, 5.41) is 2.64. The number of ketones is 1. The van der Waals surface area contributed by atoms with Gasteiger partial charge in [-0.25, -0.2) is 23.8 Å². The van der Waals surface area contributed by atoms with Crippen LogP contribution in [0.25, 0.3) is 11.3 Å². The lowest BCUT2D eigenvalue weighted by Crippen LogP contribution is -2.43. The first-order chi connectivity index (χ1) is 18.4. The summed E-state index contributed by atoms with van der Waals surface area (Å²) in [6.07, 6.45) is 2.91.